The molecule has 1 aromatic heterocycles. The molecule has 2 rings (SSSR count). The summed E-state index contributed by atoms with van der Waals surface area (Å²) in [6.45, 7) is 6.33. The smallest absolute Gasteiger partial charge is 0.244 e. The van der Waals surface area contributed by atoms with Crippen LogP contribution in [0.5, 0.6) is 0 Å². The van der Waals surface area contributed by atoms with Crippen molar-refractivity contribution in [3.05, 3.63) is 30.2 Å². The van der Waals surface area contributed by atoms with Crippen LogP contribution in [0.4, 0.5) is 0 Å². The first-order valence-corrected chi connectivity index (χ1v) is 7.96. The SMILES string of the molecule is CCSc1ccc(-c2noc(C(N)C(C)CC)n2)cc1. The Balaban J connectivity index is 2.15. The van der Waals surface area contributed by atoms with E-state index in [-0.39, 0.29) is 6.04 Å². The van der Waals surface area contributed by atoms with Gasteiger partial charge in [-0.2, -0.15) is 4.98 Å². The minimum absolute atomic E-state index is 0.198. The van der Waals surface area contributed by atoms with Gasteiger partial charge in [-0.25, -0.2) is 0 Å². The van der Waals surface area contributed by atoms with E-state index in [9.17, 15) is 0 Å². The highest BCUT2D eigenvalue weighted by molar-refractivity contribution is 7.99. The van der Waals surface area contributed by atoms with Crippen LogP contribution >= 0.6 is 11.8 Å². The van der Waals surface area contributed by atoms with Crippen LogP contribution in [0.3, 0.4) is 0 Å². The van der Waals surface area contributed by atoms with Crippen LogP contribution in [-0.4, -0.2) is 15.9 Å². The van der Waals surface area contributed by atoms with Crippen molar-refractivity contribution in [3.63, 3.8) is 0 Å². The molecule has 0 bridgehead atoms. The summed E-state index contributed by atoms with van der Waals surface area (Å²) in [5.74, 6) is 2.51. The molecule has 0 aliphatic heterocycles. The molecule has 2 N–H and O–H groups in total. The molecule has 0 spiro atoms. The number of rotatable bonds is 6. The molecular formula is C15H21N3OS. The number of nitrogens with zero attached hydrogens (tertiary/aromatic N) is 2. The Labute approximate surface area is 124 Å². The van der Waals surface area contributed by atoms with Gasteiger partial charge in [0.05, 0.1) is 6.04 Å². The first kappa shape index (κ1) is 15.1. The summed E-state index contributed by atoms with van der Waals surface area (Å²) in [4.78, 5) is 5.66. The van der Waals surface area contributed by atoms with Crippen molar-refractivity contribution in [2.24, 2.45) is 11.7 Å². The number of benzene rings is 1. The predicted molar refractivity (Wildman–Crippen MR) is 82.5 cm³/mol. The van der Waals surface area contributed by atoms with Gasteiger partial charge in [0.25, 0.3) is 0 Å². The van der Waals surface area contributed by atoms with E-state index in [4.69, 9.17) is 10.3 Å². The van der Waals surface area contributed by atoms with E-state index in [0.29, 0.717) is 17.6 Å². The molecule has 1 aromatic carbocycles. The van der Waals surface area contributed by atoms with Crippen LogP contribution in [0.25, 0.3) is 11.4 Å². The highest BCUT2D eigenvalue weighted by Crippen LogP contribution is 2.25. The lowest BCUT2D eigenvalue weighted by molar-refractivity contribution is 0.312. The molecule has 0 aliphatic carbocycles. The Bertz CT molecular complexity index is 538. The average Bonchev–Trinajstić information content (AvgIpc) is 2.96. The van der Waals surface area contributed by atoms with E-state index in [0.717, 1.165) is 17.7 Å². The number of nitrogens with two attached hydrogens (primary N) is 1. The maximum absolute atomic E-state index is 6.10. The minimum atomic E-state index is -0.198. The fraction of sp³-hybridized carbons (Fsp3) is 0.467. The number of hydrogen-bond donors (Lipinski definition) is 1. The molecule has 0 aliphatic rings. The van der Waals surface area contributed by atoms with E-state index in [2.05, 4.69) is 43.0 Å². The van der Waals surface area contributed by atoms with Crippen LogP contribution < -0.4 is 5.73 Å². The fourth-order valence-electron chi connectivity index (χ4n) is 1.85. The summed E-state index contributed by atoms with van der Waals surface area (Å²) in [5.41, 5.74) is 7.06. The Morgan fingerprint density at radius 2 is 1.95 bits per heavy atom. The zero-order valence-corrected chi connectivity index (χ0v) is 13.0. The van der Waals surface area contributed by atoms with Gasteiger partial charge in [0, 0.05) is 10.5 Å². The molecule has 2 atom stereocenters. The zero-order chi connectivity index (χ0) is 14.5. The van der Waals surface area contributed by atoms with Crippen molar-refractivity contribution in [1.82, 2.24) is 10.1 Å². The Kier molecular flexibility index (Phi) is 5.20. The zero-order valence-electron chi connectivity index (χ0n) is 12.2. The van der Waals surface area contributed by atoms with Gasteiger partial charge < -0.3 is 10.3 Å². The van der Waals surface area contributed by atoms with Crippen molar-refractivity contribution >= 4 is 11.8 Å². The third-order valence-corrected chi connectivity index (χ3v) is 4.30. The molecule has 0 saturated heterocycles. The second kappa shape index (κ2) is 6.90. The molecule has 0 amide bonds. The van der Waals surface area contributed by atoms with Crippen molar-refractivity contribution in [3.8, 4) is 11.4 Å². The third kappa shape index (κ3) is 3.41. The molecule has 0 radical (unpaired) electrons. The fourth-order valence-corrected chi connectivity index (χ4v) is 2.51. The van der Waals surface area contributed by atoms with Gasteiger partial charge in [-0.05, 0) is 35.9 Å². The molecule has 4 nitrogen and oxygen atoms in total. The molecule has 0 fully saturated rings. The summed E-state index contributed by atoms with van der Waals surface area (Å²) in [5, 5.41) is 4.03. The van der Waals surface area contributed by atoms with Gasteiger partial charge in [0.1, 0.15) is 0 Å². The molecule has 5 heteroatoms. The highest BCUT2D eigenvalue weighted by atomic mass is 32.2. The minimum Gasteiger partial charge on any atom is -0.337 e. The maximum atomic E-state index is 6.10. The normalized spacial score (nSPS) is 14.2. The molecule has 0 saturated carbocycles. The summed E-state index contributed by atoms with van der Waals surface area (Å²) in [6.07, 6.45) is 0.988. The van der Waals surface area contributed by atoms with Crippen molar-refractivity contribution in [2.75, 3.05) is 5.75 Å². The van der Waals surface area contributed by atoms with Gasteiger partial charge in [0.15, 0.2) is 0 Å². The first-order valence-electron chi connectivity index (χ1n) is 6.98. The summed E-state index contributed by atoms with van der Waals surface area (Å²) in [7, 11) is 0. The molecule has 108 valence electrons. The average molecular weight is 291 g/mol. The Hall–Kier alpha value is -1.33. The van der Waals surface area contributed by atoms with Crippen molar-refractivity contribution in [1.29, 1.82) is 0 Å². The Morgan fingerprint density at radius 3 is 2.55 bits per heavy atom. The lowest BCUT2D eigenvalue weighted by Gasteiger charge is -2.12. The second-order valence-corrected chi connectivity index (χ2v) is 6.16. The van der Waals surface area contributed by atoms with Crippen molar-refractivity contribution < 1.29 is 4.52 Å². The molecule has 1 heterocycles. The number of hydrogen-bond acceptors (Lipinski definition) is 5. The summed E-state index contributed by atoms with van der Waals surface area (Å²) < 4.78 is 5.29. The topological polar surface area (TPSA) is 64.9 Å². The number of aromatic nitrogens is 2. The molecule has 2 aromatic rings. The quantitative estimate of drug-likeness (QED) is 0.818. The first-order chi connectivity index (χ1) is 9.65. The van der Waals surface area contributed by atoms with E-state index < -0.39 is 0 Å². The predicted octanol–water partition coefficient (Wildman–Crippen LogP) is 3.89. The monoisotopic (exact) mass is 291 g/mol. The van der Waals surface area contributed by atoms with Gasteiger partial charge in [-0.3, -0.25) is 0 Å². The molecular weight excluding hydrogens is 270 g/mol. The molecule has 2 unspecified atom stereocenters. The van der Waals surface area contributed by atoms with Gasteiger partial charge in [-0.15, -0.1) is 11.8 Å². The van der Waals surface area contributed by atoms with Crippen LogP contribution in [-0.2, 0) is 0 Å². The van der Waals surface area contributed by atoms with Gasteiger partial charge in [-0.1, -0.05) is 32.3 Å². The largest absolute Gasteiger partial charge is 0.337 e. The van der Waals surface area contributed by atoms with Crippen LogP contribution in [0.2, 0.25) is 0 Å². The summed E-state index contributed by atoms with van der Waals surface area (Å²) >= 11 is 1.81. The van der Waals surface area contributed by atoms with E-state index in [1.54, 1.807) is 0 Å². The van der Waals surface area contributed by atoms with Crippen LogP contribution in [0.1, 0.15) is 39.1 Å². The summed E-state index contributed by atoms with van der Waals surface area (Å²) in [6, 6.07) is 7.99. The maximum Gasteiger partial charge on any atom is 0.244 e. The lowest BCUT2D eigenvalue weighted by atomic mass is 10.0. The van der Waals surface area contributed by atoms with Crippen LogP contribution in [0, 0.1) is 5.92 Å². The van der Waals surface area contributed by atoms with Gasteiger partial charge >= 0.3 is 0 Å². The standard InChI is InChI=1S/C15H21N3OS/c1-4-10(3)13(16)15-17-14(18-19-15)11-6-8-12(9-7-11)20-5-2/h6-10,13H,4-5,16H2,1-3H3. The van der Waals surface area contributed by atoms with E-state index in [1.807, 2.05) is 23.9 Å². The van der Waals surface area contributed by atoms with Crippen molar-refractivity contribution in [2.45, 2.75) is 38.1 Å². The lowest BCUT2D eigenvalue weighted by Crippen LogP contribution is -2.18. The van der Waals surface area contributed by atoms with Crippen LogP contribution in [0.15, 0.2) is 33.7 Å². The van der Waals surface area contributed by atoms with E-state index >= 15 is 0 Å². The molecule has 20 heavy (non-hydrogen) atoms. The third-order valence-electron chi connectivity index (χ3n) is 3.41. The van der Waals surface area contributed by atoms with Gasteiger partial charge in [0.2, 0.25) is 11.7 Å². The number of thioether (sulfide) groups is 1. The highest BCUT2D eigenvalue weighted by Gasteiger charge is 2.20. The Morgan fingerprint density at radius 1 is 1.25 bits per heavy atom. The second-order valence-electron chi connectivity index (χ2n) is 4.82. The van der Waals surface area contributed by atoms with E-state index in [1.165, 1.54) is 4.90 Å².